The van der Waals surface area contributed by atoms with Gasteiger partial charge in [-0.3, -0.25) is 0 Å². The van der Waals surface area contributed by atoms with Gasteiger partial charge in [0, 0.05) is 6.54 Å². The highest BCUT2D eigenvalue weighted by Crippen LogP contribution is 2.12. The van der Waals surface area contributed by atoms with E-state index in [1.807, 2.05) is 0 Å². The second-order valence-electron chi connectivity index (χ2n) is 2.30. The van der Waals surface area contributed by atoms with Crippen LogP contribution in [0.5, 0.6) is 0 Å². The smallest absolute Gasteiger partial charge is 0.409 e. The third-order valence-corrected chi connectivity index (χ3v) is 1.56. The molecule has 0 spiro atoms. The lowest BCUT2D eigenvalue weighted by Crippen LogP contribution is -2.28. The molecule has 58 valence electrons. The molecular weight excluding hydrogens is 137 g/mol. The van der Waals surface area contributed by atoms with E-state index in [1.165, 1.54) is 12.0 Å². The van der Waals surface area contributed by atoms with Crippen molar-refractivity contribution in [2.24, 2.45) is 0 Å². The Labute approximate surface area is 58.8 Å². The van der Waals surface area contributed by atoms with Crippen molar-refractivity contribution >= 4 is 6.09 Å². The molecule has 0 aliphatic carbocycles. The largest absolute Gasteiger partial charge is 0.453 e. The lowest BCUT2D eigenvalue weighted by molar-refractivity contribution is 0.130. The number of likely N-dealkylation sites (tertiary alicyclic amines) is 1. The van der Waals surface area contributed by atoms with Crippen LogP contribution >= 0.6 is 0 Å². The zero-order valence-corrected chi connectivity index (χ0v) is 5.84. The highest BCUT2D eigenvalue weighted by Gasteiger charge is 2.25. The van der Waals surface area contributed by atoms with E-state index in [0.29, 0.717) is 13.0 Å². The van der Waals surface area contributed by atoms with Gasteiger partial charge >= 0.3 is 6.09 Å². The van der Waals surface area contributed by atoms with Crippen LogP contribution in [0.25, 0.3) is 0 Å². The summed E-state index contributed by atoms with van der Waals surface area (Å²) in [4.78, 5) is 12.1. The van der Waals surface area contributed by atoms with Gasteiger partial charge in [0.1, 0.15) is 6.17 Å². The van der Waals surface area contributed by atoms with E-state index < -0.39 is 12.3 Å². The summed E-state index contributed by atoms with van der Waals surface area (Å²) in [6.07, 6.45) is -0.853. The number of carbonyl (C=O) groups is 1. The van der Waals surface area contributed by atoms with Crippen LogP contribution < -0.4 is 0 Å². The first-order valence-electron chi connectivity index (χ1n) is 3.21. The molecular formula is C6H10FNO2. The van der Waals surface area contributed by atoms with Gasteiger partial charge in [-0.1, -0.05) is 0 Å². The van der Waals surface area contributed by atoms with Crippen LogP contribution in [0.4, 0.5) is 9.18 Å². The van der Waals surface area contributed by atoms with Crippen molar-refractivity contribution in [3.8, 4) is 0 Å². The molecule has 1 atom stereocenters. The molecule has 0 unspecified atom stereocenters. The fourth-order valence-electron chi connectivity index (χ4n) is 1.01. The van der Waals surface area contributed by atoms with Crippen molar-refractivity contribution in [2.75, 3.05) is 20.2 Å². The Hall–Kier alpha value is -0.800. The zero-order valence-electron chi connectivity index (χ0n) is 5.84. The maximum absolute atomic E-state index is 12.4. The predicted molar refractivity (Wildman–Crippen MR) is 33.5 cm³/mol. The lowest BCUT2D eigenvalue weighted by Gasteiger charge is -2.11. The van der Waals surface area contributed by atoms with E-state index in [2.05, 4.69) is 4.74 Å². The molecule has 10 heavy (non-hydrogen) atoms. The van der Waals surface area contributed by atoms with E-state index in [0.717, 1.165) is 0 Å². The average molecular weight is 147 g/mol. The van der Waals surface area contributed by atoms with Crippen molar-refractivity contribution in [3.63, 3.8) is 0 Å². The maximum Gasteiger partial charge on any atom is 0.409 e. The molecule has 1 fully saturated rings. The van der Waals surface area contributed by atoms with E-state index >= 15 is 0 Å². The van der Waals surface area contributed by atoms with Gasteiger partial charge in [0.15, 0.2) is 0 Å². The summed E-state index contributed by atoms with van der Waals surface area (Å²) in [7, 11) is 1.30. The minimum absolute atomic E-state index is 0.187. The molecule has 1 aliphatic rings. The second kappa shape index (κ2) is 2.86. The Morgan fingerprint density at radius 1 is 1.80 bits per heavy atom. The van der Waals surface area contributed by atoms with Crippen LogP contribution in [0.2, 0.25) is 0 Å². The van der Waals surface area contributed by atoms with E-state index in [4.69, 9.17) is 0 Å². The molecule has 0 bridgehead atoms. The van der Waals surface area contributed by atoms with Crippen LogP contribution in [-0.2, 0) is 4.74 Å². The molecule has 1 heterocycles. The van der Waals surface area contributed by atoms with Crippen molar-refractivity contribution in [2.45, 2.75) is 12.6 Å². The van der Waals surface area contributed by atoms with Gasteiger partial charge < -0.3 is 9.64 Å². The molecule has 1 amide bonds. The summed E-state index contributed by atoms with van der Waals surface area (Å²) in [6.45, 7) is 0.667. The van der Waals surface area contributed by atoms with Crippen molar-refractivity contribution in [1.29, 1.82) is 0 Å². The zero-order chi connectivity index (χ0) is 7.56. The first kappa shape index (κ1) is 7.31. The normalized spacial score (nSPS) is 25.0. The van der Waals surface area contributed by atoms with E-state index in [1.54, 1.807) is 0 Å². The number of halogens is 1. The lowest BCUT2D eigenvalue weighted by atomic mass is 10.3. The predicted octanol–water partition coefficient (Wildman–Crippen LogP) is 0.797. The van der Waals surface area contributed by atoms with Crippen molar-refractivity contribution in [1.82, 2.24) is 4.90 Å². The number of amides is 1. The molecule has 0 aromatic carbocycles. The van der Waals surface area contributed by atoms with Gasteiger partial charge in [-0.15, -0.1) is 0 Å². The molecule has 1 saturated heterocycles. The molecule has 3 nitrogen and oxygen atoms in total. The Bertz CT molecular complexity index is 140. The molecule has 4 heteroatoms. The van der Waals surface area contributed by atoms with Gasteiger partial charge in [0.2, 0.25) is 0 Å². The Morgan fingerprint density at radius 3 is 2.90 bits per heavy atom. The molecule has 0 saturated carbocycles. The van der Waals surface area contributed by atoms with Crippen LogP contribution in [0.15, 0.2) is 0 Å². The second-order valence-corrected chi connectivity index (χ2v) is 2.30. The Balaban J connectivity index is 2.37. The number of nitrogens with zero attached hydrogens (tertiary/aromatic N) is 1. The number of hydrogen-bond donors (Lipinski definition) is 0. The molecule has 0 aromatic rings. The highest BCUT2D eigenvalue weighted by molar-refractivity contribution is 5.67. The molecule has 0 aromatic heterocycles. The molecule has 0 N–H and O–H groups in total. The third kappa shape index (κ3) is 1.37. The number of alkyl halides is 1. The van der Waals surface area contributed by atoms with Gasteiger partial charge in [0.25, 0.3) is 0 Å². The molecule has 0 radical (unpaired) electrons. The fraction of sp³-hybridized carbons (Fsp3) is 0.833. The monoisotopic (exact) mass is 147 g/mol. The minimum atomic E-state index is -0.862. The summed E-state index contributed by atoms with van der Waals surface area (Å²) in [5.41, 5.74) is 0. The minimum Gasteiger partial charge on any atom is -0.453 e. The first-order valence-corrected chi connectivity index (χ1v) is 3.21. The van der Waals surface area contributed by atoms with Gasteiger partial charge in [-0.05, 0) is 6.42 Å². The SMILES string of the molecule is COC(=O)N1CC[C@@H](F)C1. The fourth-order valence-corrected chi connectivity index (χ4v) is 1.01. The van der Waals surface area contributed by atoms with Gasteiger partial charge in [-0.25, -0.2) is 9.18 Å². The van der Waals surface area contributed by atoms with Crippen LogP contribution in [-0.4, -0.2) is 37.4 Å². The number of carbonyl (C=O) groups excluding carboxylic acids is 1. The first-order chi connectivity index (χ1) is 4.74. The topological polar surface area (TPSA) is 29.5 Å². The summed E-state index contributed by atoms with van der Waals surface area (Å²) in [5, 5.41) is 0. The number of rotatable bonds is 0. The summed E-state index contributed by atoms with van der Waals surface area (Å²) < 4.78 is 16.8. The number of hydrogen-bond acceptors (Lipinski definition) is 2. The summed E-state index contributed by atoms with van der Waals surface area (Å²) in [5.74, 6) is 0. The standard InChI is InChI=1S/C6H10FNO2/c1-10-6(9)8-3-2-5(7)4-8/h5H,2-4H2,1H3/t5-/m1/s1. The van der Waals surface area contributed by atoms with Crippen molar-refractivity contribution in [3.05, 3.63) is 0 Å². The Kier molecular flexibility index (Phi) is 2.09. The van der Waals surface area contributed by atoms with Crippen molar-refractivity contribution < 1.29 is 13.9 Å². The van der Waals surface area contributed by atoms with Crippen LogP contribution in [0.3, 0.4) is 0 Å². The van der Waals surface area contributed by atoms with Crippen LogP contribution in [0, 0.1) is 0 Å². The number of methoxy groups -OCH3 is 1. The average Bonchev–Trinajstić information content (AvgIpc) is 2.34. The molecule has 1 aliphatic heterocycles. The van der Waals surface area contributed by atoms with Gasteiger partial charge in [0.05, 0.1) is 13.7 Å². The van der Waals surface area contributed by atoms with Crippen LogP contribution in [0.1, 0.15) is 6.42 Å². The van der Waals surface area contributed by atoms with E-state index in [9.17, 15) is 9.18 Å². The molecule has 1 rings (SSSR count). The summed E-state index contributed by atoms with van der Waals surface area (Å²) in [6, 6.07) is 0. The maximum atomic E-state index is 12.4. The third-order valence-electron chi connectivity index (χ3n) is 1.56. The quantitative estimate of drug-likeness (QED) is 0.507. The highest BCUT2D eigenvalue weighted by atomic mass is 19.1. The summed E-state index contributed by atoms with van der Waals surface area (Å²) >= 11 is 0. The van der Waals surface area contributed by atoms with Gasteiger partial charge in [-0.2, -0.15) is 0 Å². The number of ether oxygens (including phenoxy) is 1. The Morgan fingerprint density at radius 2 is 2.50 bits per heavy atom. The van der Waals surface area contributed by atoms with E-state index in [-0.39, 0.29) is 6.54 Å².